The number of amides is 1. The largest absolute Gasteiger partial charge is 0.481 e. The average Bonchev–Trinajstić information content (AvgIpc) is 3.03. The van der Waals surface area contributed by atoms with Crippen LogP contribution in [-0.4, -0.2) is 64.0 Å². The van der Waals surface area contributed by atoms with Gasteiger partial charge in [-0.3, -0.25) is 9.69 Å². The molecule has 0 saturated carbocycles. The highest BCUT2D eigenvalue weighted by Gasteiger charge is 2.34. The molecule has 11 heteroatoms. The van der Waals surface area contributed by atoms with E-state index in [0.29, 0.717) is 36.6 Å². The number of carboxylic acid groups (broad SMARTS) is 1. The van der Waals surface area contributed by atoms with E-state index >= 15 is 0 Å². The van der Waals surface area contributed by atoms with Gasteiger partial charge in [0, 0.05) is 25.1 Å². The van der Waals surface area contributed by atoms with E-state index in [2.05, 4.69) is 0 Å². The lowest BCUT2D eigenvalue weighted by Crippen LogP contribution is -2.34. The van der Waals surface area contributed by atoms with Gasteiger partial charge >= 0.3 is 18.2 Å². The molecule has 0 spiro atoms. The fourth-order valence-corrected chi connectivity index (χ4v) is 3.83. The van der Waals surface area contributed by atoms with E-state index in [4.69, 9.17) is 9.84 Å². The summed E-state index contributed by atoms with van der Waals surface area (Å²) in [6.07, 6.45) is -3.08. The molecular formula is C20H23F4NO5S. The van der Waals surface area contributed by atoms with Crippen LogP contribution in [0.4, 0.5) is 22.4 Å². The number of hydrogen-bond acceptors (Lipinski definition) is 5. The van der Waals surface area contributed by atoms with Gasteiger partial charge in [-0.2, -0.15) is 24.9 Å². The Balaban J connectivity index is 1.87. The Hall–Kier alpha value is -2.27. The van der Waals surface area contributed by atoms with Crippen molar-refractivity contribution in [2.75, 3.05) is 24.7 Å². The molecule has 172 valence electrons. The molecule has 1 saturated heterocycles. The summed E-state index contributed by atoms with van der Waals surface area (Å²) in [5.74, 6) is -1.01. The van der Waals surface area contributed by atoms with Crippen molar-refractivity contribution in [2.24, 2.45) is 0 Å². The summed E-state index contributed by atoms with van der Waals surface area (Å²) in [5.41, 5.74) is -1.26. The predicted molar refractivity (Wildman–Crippen MR) is 106 cm³/mol. The molecule has 1 heterocycles. The predicted octanol–water partition coefficient (Wildman–Crippen LogP) is 3.72. The summed E-state index contributed by atoms with van der Waals surface area (Å²) in [4.78, 5) is 23.8. The van der Waals surface area contributed by atoms with Crippen LogP contribution in [0.3, 0.4) is 0 Å². The molecule has 1 fully saturated rings. The second kappa shape index (κ2) is 11.4. The van der Waals surface area contributed by atoms with Crippen LogP contribution < -0.4 is 0 Å². The van der Waals surface area contributed by atoms with Gasteiger partial charge in [-0.05, 0) is 29.9 Å². The number of aliphatic hydroxyl groups excluding tert-OH is 1. The average molecular weight is 465 g/mol. The van der Waals surface area contributed by atoms with E-state index in [1.807, 2.05) is 0 Å². The van der Waals surface area contributed by atoms with Crippen molar-refractivity contribution >= 4 is 23.8 Å². The fraction of sp³-hybridized carbons (Fsp3) is 0.500. The van der Waals surface area contributed by atoms with Gasteiger partial charge in [0.2, 0.25) is 0 Å². The van der Waals surface area contributed by atoms with Gasteiger partial charge in [-0.25, -0.2) is 9.18 Å². The molecule has 1 amide bonds. The molecule has 0 aliphatic carbocycles. The topological polar surface area (TPSA) is 87.1 Å². The number of thioether (sulfide) groups is 1. The highest BCUT2D eigenvalue weighted by atomic mass is 32.2. The summed E-state index contributed by atoms with van der Waals surface area (Å²) in [6.45, 7) is 0.453. The second-order valence-corrected chi connectivity index (χ2v) is 8.14. The third-order valence-corrected chi connectivity index (χ3v) is 5.55. The number of aliphatic carboxylic acids is 1. The molecule has 0 radical (unpaired) electrons. The van der Waals surface area contributed by atoms with Crippen LogP contribution in [0.2, 0.25) is 0 Å². The van der Waals surface area contributed by atoms with Crippen molar-refractivity contribution in [1.29, 1.82) is 0 Å². The van der Waals surface area contributed by atoms with E-state index in [-0.39, 0.29) is 25.0 Å². The Morgan fingerprint density at radius 1 is 1.35 bits per heavy atom. The van der Waals surface area contributed by atoms with Crippen LogP contribution in [0.5, 0.6) is 0 Å². The number of nitrogens with zero attached hydrogens (tertiary/aromatic N) is 1. The normalized spacial score (nSPS) is 17.9. The number of aliphatic hydroxyl groups is 1. The lowest BCUT2D eigenvalue weighted by molar-refractivity contribution is -0.140. The monoisotopic (exact) mass is 465 g/mol. The lowest BCUT2D eigenvalue weighted by atomic mass is 10.0. The Kier molecular flexibility index (Phi) is 9.17. The SMILES string of the molecule is O=C(O)CCCSCCN1C(=O)OC[C@@H]1/C=C/[C@@H](O)Cc1ccc(F)c(C(F)(F)F)c1. The zero-order chi connectivity index (χ0) is 23.0. The lowest BCUT2D eigenvalue weighted by Gasteiger charge is -2.19. The summed E-state index contributed by atoms with van der Waals surface area (Å²) in [7, 11) is 0. The Morgan fingerprint density at radius 2 is 2.10 bits per heavy atom. The maximum atomic E-state index is 13.4. The van der Waals surface area contributed by atoms with Crippen molar-refractivity contribution in [3.8, 4) is 0 Å². The molecule has 1 aromatic rings. The fourth-order valence-electron chi connectivity index (χ4n) is 2.95. The first-order valence-electron chi connectivity index (χ1n) is 9.53. The Labute approximate surface area is 180 Å². The molecule has 2 atom stereocenters. The van der Waals surface area contributed by atoms with Gasteiger partial charge in [-0.15, -0.1) is 0 Å². The van der Waals surface area contributed by atoms with E-state index in [1.165, 1.54) is 28.8 Å². The van der Waals surface area contributed by atoms with Gasteiger partial charge in [0.15, 0.2) is 0 Å². The van der Waals surface area contributed by atoms with Gasteiger partial charge in [0.05, 0.1) is 17.7 Å². The zero-order valence-corrected chi connectivity index (χ0v) is 17.3. The number of carboxylic acids is 1. The molecule has 6 nitrogen and oxygen atoms in total. The maximum Gasteiger partial charge on any atom is 0.419 e. The third-order valence-electron chi connectivity index (χ3n) is 4.50. The number of hydrogen-bond donors (Lipinski definition) is 2. The number of benzene rings is 1. The van der Waals surface area contributed by atoms with Crippen molar-refractivity contribution in [3.63, 3.8) is 0 Å². The van der Waals surface area contributed by atoms with Crippen molar-refractivity contribution in [1.82, 2.24) is 4.90 Å². The standard InChI is InChI=1S/C20H23F4NO5S/c21-17-6-3-13(11-16(17)20(22,23)24)10-15(26)5-4-14-12-30-19(29)25(14)7-9-31-8-1-2-18(27)28/h3-6,11,14-15,26H,1-2,7-10,12H2,(H,27,28)/b5-4+/t14-,15+/m0/s1. The summed E-state index contributed by atoms with van der Waals surface area (Å²) >= 11 is 1.51. The third kappa shape index (κ3) is 8.06. The van der Waals surface area contributed by atoms with Crippen LogP contribution in [0.1, 0.15) is 24.0 Å². The first-order valence-corrected chi connectivity index (χ1v) is 10.7. The number of carbonyl (C=O) groups excluding carboxylic acids is 1. The van der Waals surface area contributed by atoms with Crippen LogP contribution in [0, 0.1) is 5.82 Å². The van der Waals surface area contributed by atoms with E-state index in [0.717, 1.165) is 0 Å². The molecule has 2 rings (SSSR count). The van der Waals surface area contributed by atoms with Crippen LogP contribution in [0.15, 0.2) is 30.4 Å². The molecule has 0 unspecified atom stereocenters. The second-order valence-electron chi connectivity index (χ2n) is 6.92. The Morgan fingerprint density at radius 3 is 2.77 bits per heavy atom. The quantitative estimate of drug-likeness (QED) is 0.294. The number of carbonyl (C=O) groups is 2. The highest BCUT2D eigenvalue weighted by Crippen LogP contribution is 2.32. The minimum absolute atomic E-state index is 0.0838. The van der Waals surface area contributed by atoms with Crippen molar-refractivity contribution in [3.05, 3.63) is 47.3 Å². The first kappa shape index (κ1) is 25.0. The summed E-state index contributed by atoms with van der Waals surface area (Å²) in [5, 5.41) is 18.7. The smallest absolute Gasteiger partial charge is 0.419 e. The van der Waals surface area contributed by atoms with Gasteiger partial charge in [0.1, 0.15) is 12.4 Å². The van der Waals surface area contributed by atoms with Crippen LogP contribution in [0.25, 0.3) is 0 Å². The van der Waals surface area contributed by atoms with Crippen LogP contribution >= 0.6 is 11.8 Å². The van der Waals surface area contributed by atoms with Crippen molar-refractivity contribution in [2.45, 2.75) is 37.6 Å². The van der Waals surface area contributed by atoms with Gasteiger partial charge in [-0.1, -0.05) is 18.2 Å². The molecule has 0 aromatic heterocycles. The minimum Gasteiger partial charge on any atom is -0.481 e. The molecular weight excluding hydrogens is 442 g/mol. The molecule has 1 aliphatic heterocycles. The molecule has 31 heavy (non-hydrogen) atoms. The van der Waals surface area contributed by atoms with Gasteiger partial charge in [0.25, 0.3) is 0 Å². The highest BCUT2D eigenvalue weighted by molar-refractivity contribution is 7.99. The molecule has 1 aliphatic rings. The van der Waals surface area contributed by atoms with Gasteiger partial charge < -0.3 is 14.9 Å². The van der Waals surface area contributed by atoms with Crippen molar-refractivity contribution < 1.29 is 42.1 Å². The maximum absolute atomic E-state index is 13.4. The number of alkyl halides is 3. The number of rotatable bonds is 11. The summed E-state index contributed by atoms with van der Waals surface area (Å²) in [6, 6.07) is 2.13. The number of halogens is 4. The minimum atomic E-state index is -4.82. The number of ether oxygens (including phenoxy) is 1. The molecule has 2 N–H and O–H groups in total. The van der Waals surface area contributed by atoms with E-state index < -0.39 is 41.8 Å². The molecule has 0 bridgehead atoms. The Bertz CT molecular complexity index is 802. The number of cyclic esters (lactones) is 1. The van der Waals surface area contributed by atoms with E-state index in [1.54, 1.807) is 6.08 Å². The molecule has 1 aromatic carbocycles. The zero-order valence-electron chi connectivity index (χ0n) is 16.5. The first-order chi connectivity index (χ1) is 14.6. The van der Waals surface area contributed by atoms with E-state index in [9.17, 15) is 32.3 Å². The summed E-state index contributed by atoms with van der Waals surface area (Å²) < 4.78 is 56.8. The van der Waals surface area contributed by atoms with Crippen LogP contribution in [-0.2, 0) is 22.1 Å².